The van der Waals surface area contributed by atoms with E-state index in [0.717, 1.165) is 41.4 Å². The zero-order valence-corrected chi connectivity index (χ0v) is 12.2. The summed E-state index contributed by atoms with van der Waals surface area (Å²) in [6.45, 7) is 1.72. The monoisotopic (exact) mass is 296 g/mol. The maximum Gasteiger partial charge on any atom is 0.161 e. The van der Waals surface area contributed by atoms with Gasteiger partial charge in [-0.3, -0.25) is 5.10 Å². The first-order valence-corrected chi connectivity index (χ1v) is 7.13. The summed E-state index contributed by atoms with van der Waals surface area (Å²) in [7, 11) is 1.73. The van der Waals surface area contributed by atoms with Gasteiger partial charge in [0.25, 0.3) is 0 Å². The SMILES string of the molecule is COC1CN(c2cc(Nc3n[nH]c4ccccc34)ncn2)C1. The second-order valence-electron chi connectivity index (χ2n) is 5.27. The largest absolute Gasteiger partial charge is 0.378 e. The Bertz CT molecular complexity index is 795. The predicted molar refractivity (Wildman–Crippen MR) is 84.4 cm³/mol. The van der Waals surface area contributed by atoms with Crippen molar-refractivity contribution in [3.8, 4) is 0 Å². The van der Waals surface area contributed by atoms with Crippen LogP contribution in [-0.2, 0) is 4.74 Å². The summed E-state index contributed by atoms with van der Waals surface area (Å²) in [5.41, 5.74) is 0.991. The lowest BCUT2D eigenvalue weighted by Gasteiger charge is -2.38. The molecule has 7 heteroatoms. The predicted octanol–water partition coefficient (Wildman–Crippen LogP) is 1.93. The molecule has 0 radical (unpaired) electrons. The van der Waals surface area contributed by atoms with Crippen LogP contribution < -0.4 is 10.2 Å². The lowest BCUT2D eigenvalue weighted by Crippen LogP contribution is -2.52. The van der Waals surface area contributed by atoms with Gasteiger partial charge in [-0.25, -0.2) is 9.97 Å². The molecule has 0 amide bonds. The number of fused-ring (bicyclic) bond motifs is 1. The van der Waals surface area contributed by atoms with Crippen LogP contribution in [0.3, 0.4) is 0 Å². The van der Waals surface area contributed by atoms with Crippen LogP contribution in [0.1, 0.15) is 0 Å². The van der Waals surface area contributed by atoms with E-state index in [1.54, 1.807) is 13.4 Å². The maximum absolute atomic E-state index is 5.29. The first-order chi connectivity index (χ1) is 10.8. The maximum atomic E-state index is 5.29. The van der Waals surface area contributed by atoms with Gasteiger partial charge in [-0.1, -0.05) is 12.1 Å². The van der Waals surface area contributed by atoms with Gasteiger partial charge in [-0.2, -0.15) is 5.10 Å². The Labute approximate surface area is 127 Å². The Morgan fingerprint density at radius 3 is 3.00 bits per heavy atom. The van der Waals surface area contributed by atoms with Gasteiger partial charge in [0.2, 0.25) is 0 Å². The van der Waals surface area contributed by atoms with E-state index in [-0.39, 0.29) is 0 Å². The number of para-hydroxylation sites is 1. The van der Waals surface area contributed by atoms with Gasteiger partial charge in [-0.15, -0.1) is 0 Å². The van der Waals surface area contributed by atoms with Crippen LogP contribution in [-0.4, -0.2) is 46.5 Å². The van der Waals surface area contributed by atoms with Crippen molar-refractivity contribution >= 4 is 28.4 Å². The molecule has 0 bridgehead atoms. The molecule has 0 saturated carbocycles. The van der Waals surface area contributed by atoms with Gasteiger partial charge >= 0.3 is 0 Å². The van der Waals surface area contributed by atoms with Crippen molar-refractivity contribution in [1.29, 1.82) is 0 Å². The van der Waals surface area contributed by atoms with Gasteiger partial charge < -0.3 is 15.0 Å². The van der Waals surface area contributed by atoms with Crippen molar-refractivity contribution in [3.63, 3.8) is 0 Å². The number of ether oxygens (including phenoxy) is 1. The zero-order valence-electron chi connectivity index (χ0n) is 12.2. The normalized spacial score (nSPS) is 15.0. The number of benzene rings is 1. The molecule has 3 heterocycles. The number of nitrogens with one attached hydrogen (secondary N) is 2. The standard InChI is InChI=1S/C15H16N6O/c1-22-10-7-21(8-10)14-6-13(16-9-17-14)18-15-11-4-2-3-5-12(11)19-20-15/h2-6,9-10H,7-8H2,1H3,(H2,16,17,18,19,20). The number of methoxy groups -OCH3 is 1. The van der Waals surface area contributed by atoms with E-state index in [9.17, 15) is 0 Å². The smallest absolute Gasteiger partial charge is 0.161 e. The minimum Gasteiger partial charge on any atom is -0.378 e. The van der Waals surface area contributed by atoms with E-state index in [1.807, 2.05) is 30.3 Å². The summed E-state index contributed by atoms with van der Waals surface area (Å²) in [5, 5.41) is 11.6. The third-order valence-corrected chi connectivity index (χ3v) is 3.87. The summed E-state index contributed by atoms with van der Waals surface area (Å²) in [4.78, 5) is 10.7. The summed E-state index contributed by atoms with van der Waals surface area (Å²) in [6.07, 6.45) is 1.86. The highest BCUT2D eigenvalue weighted by Crippen LogP contribution is 2.25. The number of nitrogens with zero attached hydrogens (tertiary/aromatic N) is 4. The number of hydrogen-bond donors (Lipinski definition) is 2. The number of anilines is 3. The molecule has 0 spiro atoms. The third kappa shape index (κ3) is 2.25. The van der Waals surface area contributed by atoms with Crippen LogP contribution in [0, 0.1) is 0 Å². The van der Waals surface area contributed by atoms with Crippen LogP contribution in [0.15, 0.2) is 36.7 Å². The molecule has 1 aliphatic rings. The highest BCUT2D eigenvalue weighted by Gasteiger charge is 2.27. The van der Waals surface area contributed by atoms with E-state index < -0.39 is 0 Å². The zero-order chi connectivity index (χ0) is 14.9. The summed E-state index contributed by atoms with van der Waals surface area (Å²) in [6, 6.07) is 9.89. The van der Waals surface area contributed by atoms with Crippen LogP contribution in [0.5, 0.6) is 0 Å². The summed E-state index contributed by atoms with van der Waals surface area (Å²) in [5.74, 6) is 2.38. The van der Waals surface area contributed by atoms with Crippen molar-refractivity contribution < 1.29 is 4.74 Å². The van der Waals surface area contributed by atoms with Crippen LogP contribution in [0.2, 0.25) is 0 Å². The van der Waals surface area contributed by atoms with Crippen LogP contribution >= 0.6 is 0 Å². The fourth-order valence-corrected chi connectivity index (χ4v) is 2.54. The lowest BCUT2D eigenvalue weighted by atomic mass is 10.1. The van der Waals surface area contributed by atoms with E-state index in [4.69, 9.17) is 4.74 Å². The van der Waals surface area contributed by atoms with Crippen molar-refractivity contribution in [2.24, 2.45) is 0 Å². The van der Waals surface area contributed by atoms with Crippen molar-refractivity contribution in [1.82, 2.24) is 20.2 Å². The minimum absolute atomic E-state index is 0.293. The average molecular weight is 296 g/mol. The Kier molecular flexibility index (Phi) is 3.12. The molecule has 0 unspecified atom stereocenters. The average Bonchev–Trinajstić information content (AvgIpc) is 2.90. The second kappa shape index (κ2) is 5.27. The third-order valence-electron chi connectivity index (χ3n) is 3.87. The number of aromatic amines is 1. The Balaban J connectivity index is 1.56. The van der Waals surface area contributed by atoms with E-state index in [2.05, 4.69) is 30.4 Å². The topological polar surface area (TPSA) is 79.0 Å². The van der Waals surface area contributed by atoms with Crippen LogP contribution in [0.25, 0.3) is 10.9 Å². The Morgan fingerprint density at radius 2 is 2.14 bits per heavy atom. The molecular weight excluding hydrogens is 280 g/mol. The molecule has 112 valence electrons. The molecule has 0 atom stereocenters. The molecule has 2 N–H and O–H groups in total. The fourth-order valence-electron chi connectivity index (χ4n) is 2.54. The van der Waals surface area contributed by atoms with Gasteiger partial charge in [0.1, 0.15) is 18.0 Å². The molecule has 7 nitrogen and oxygen atoms in total. The second-order valence-corrected chi connectivity index (χ2v) is 5.27. The first kappa shape index (κ1) is 13.0. The molecule has 1 aromatic carbocycles. The van der Waals surface area contributed by atoms with Gasteiger partial charge in [0.05, 0.1) is 11.6 Å². The van der Waals surface area contributed by atoms with E-state index >= 15 is 0 Å². The Hall–Kier alpha value is -2.67. The molecule has 1 fully saturated rings. The van der Waals surface area contributed by atoms with E-state index in [1.165, 1.54) is 0 Å². The molecule has 22 heavy (non-hydrogen) atoms. The van der Waals surface area contributed by atoms with Crippen LogP contribution in [0.4, 0.5) is 17.5 Å². The van der Waals surface area contributed by atoms with Crippen molar-refractivity contribution in [2.45, 2.75) is 6.10 Å². The number of H-pyrrole nitrogens is 1. The quantitative estimate of drug-likeness (QED) is 0.766. The lowest BCUT2D eigenvalue weighted by molar-refractivity contribution is 0.0783. The minimum atomic E-state index is 0.293. The molecule has 1 aliphatic heterocycles. The number of hydrogen-bond acceptors (Lipinski definition) is 6. The molecule has 4 rings (SSSR count). The van der Waals surface area contributed by atoms with E-state index in [0.29, 0.717) is 6.10 Å². The van der Waals surface area contributed by atoms with Gasteiger partial charge in [0.15, 0.2) is 5.82 Å². The number of rotatable bonds is 4. The summed E-state index contributed by atoms with van der Waals surface area (Å²) < 4.78 is 5.29. The summed E-state index contributed by atoms with van der Waals surface area (Å²) >= 11 is 0. The van der Waals surface area contributed by atoms with Gasteiger partial charge in [-0.05, 0) is 12.1 Å². The molecule has 1 saturated heterocycles. The fraction of sp³-hybridized carbons (Fsp3) is 0.267. The first-order valence-electron chi connectivity index (χ1n) is 7.13. The highest BCUT2D eigenvalue weighted by molar-refractivity contribution is 5.91. The van der Waals surface area contributed by atoms with Crippen molar-refractivity contribution in [2.75, 3.05) is 30.4 Å². The highest BCUT2D eigenvalue weighted by atomic mass is 16.5. The molecule has 0 aliphatic carbocycles. The van der Waals surface area contributed by atoms with Crippen molar-refractivity contribution in [3.05, 3.63) is 36.7 Å². The Morgan fingerprint density at radius 1 is 1.27 bits per heavy atom. The number of aromatic nitrogens is 4. The molecular formula is C15H16N6O. The molecule has 3 aromatic rings. The molecule has 2 aromatic heterocycles. The van der Waals surface area contributed by atoms with Gasteiger partial charge in [0, 0.05) is 31.7 Å².